The van der Waals surface area contributed by atoms with Crippen molar-refractivity contribution >= 4 is 92.0 Å². The fraction of sp³-hybridized carbons (Fsp3) is 0.333. The van der Waals surface area contributed by atoms with Crippen LogP contribution in [-0.4, -0.2) is 78.5 Å². The van der Waals surface area contributed by atoms with E-state index in [-0.39, 0.29) is 17.0 Å². The predicted octanol–water partition coefficient (Wildman–Crippen LogP) is 13.2. The number of thiol groups is 1. The van der Waals surface area contributed by atoms with Crippen LogP contribution in [0.4, 0.5) is 11.4 Å². The number of aryl methyl sites for hydroxylation is 6. The van der Waals surface area contributed by atoms with Crippen molar-refractivity contribution in [2.45, 2.75) is 66.0 Å². The molecule has 354 valence electrons. The van der Waals surface area contributed by atoms with Crippen molar-refractivity contribution in [3.63, 3.8) is 0 Å². The van der Waals surface area contributed by atoms with Gasteiger partial charge in [0.05, 0.1) is 16.4 Å². The fourth-order valence-electron chi connectivity index (χ4n) is 7.33. The van der Waals surface area contributed by atoms with Crippen LogP contribution in [0.5, 0.6) is 0 Å². The molecular formula is C54H69Br2ClN6S3. The third kappa shape index (κ3) is 19.2. The Morgan fingerprint density at radius 2 is 0.818 bits per heavy atom. The summed E-state index contributed by atoms with van der Waals surface area (Å²) >= 11 is 16.9. The molecule has 0 saturated carbocycles. The van der Waals surface area contributed by atoms with Crippen molar-refractivity contribution in [3.8, 4) is 0 Å². The Morgan fingerprint density at radius 3 is 1.17 bits per heavy atom. The van der Waals surface area contributed by atoms with Gasteiger partial charge in [0.15, 0.2) is 0 Å². The summed E-state index contributed by atoms with van der Waals surface area (Å²) in [4.78, 5) is 11.5. The van der Waals surface area contributed by atoms with Crippen molar-refractivity contribution in [1.82, 2.24) is 21.3 Å². The molecule has 3 aliphatic heterocycles. The van der Waals surface area contributed by atoms with Crippen LogP contribution < -0.4 is 31.1 Å². The summed E-state index contributed by atoms with van der Waals surface area (Å²) in [5.41, 5.74) is 10.6. The third-order valence-corrected chi connectivity index (χ3v) is 15.1. The number of hydrogen-bond donors (Lipinski definition) is 5. The zero-order valence-corrected chi connectivity index (χ0v) is 46.0. The van der Waals surface area contributed by atoms with E-state index in [1.165, 1.54) is 64.3 Å². The van der Waals surface area contributed by atoms with E-state index in [0.29, 0.717) is 0 Å². The highest BCUT2D eigenvalue weighted by molar-refractivity contribution is 9.10. The summed E-state index contributed by atoms with van der Waals surface area (Å²) in [5.74, 6) is 0. The Bertz CT molecular complexity index is 2210. The van der Waals surface area contributed by atoms with E-state index in [4.69, 9.17) is 11.6 Å². The lowest BCUT2D eigenvalue weighted by Gasteiger charge is -2.31. The zero-order chi connectivity index (χ0) is 46.4. The molecule has 0 bridgehead atoms. The first-order chi connectivity index (χ1) is 31.5. The Kier molecular flexibility index (Phi) is 25.7. The van der Waals surface area contributed by atoms with E-state index in [9.17, 15) is 0 Å². The Labute approximate surface area is 434 Å². The second-order valence-corrected chi connectivity index (χ2v) is 20.3. The molecule has 9 rings (SSSR count). The van der Waals surface area contributed by atoms with Gasteiger partial charge in [0.25, 0.3) is 0 Å². The lowest BCUT2D eigenvalue weighted by atomic mass is 10.2. The number of nitrogens with one attached hydrogen (secondary N) is 4. The Morgan fingerprint density at radius 1 is 0.455 bits per heavy atom. The normalized spacial score (nSPS) is 14.3. The average molecular weight is 1090 g/mol. The van der Waals surface area contributed by atoms with Crippen LogP contribution in [0.2, 0.25) is 5.02 Å². The van der Waals surface area contributed by atoms with Crippen LogP contribution >= 0.6 is 80.7 Å². The molecule has 0 atom stereocenters. The van der Waals surface area contributed by atoms with Gasteiger partial charge in [-0.15, -0.1) is 29.6 Å². The molecule has 0 aliphatic carbocycles. The molecule has 4 N–H and O–H groups in total. The van der Waals surface area contributed by atoms with E-state index >= 15 is 0 Å². The van der Waals surface area contributed by atoms with Crippen molar-refractivity contribution in [2.24, 2.45) is 0 Å². The minimum Gasteiger partial charge on any atom is -0.368 e. The highest BCUT2D eigenvalue weighted by Crippen LogP contribution is 2.38. The molecular weight excluding hydrogens is 1020 g/mol. The van der Waals surface area contributed by atoms with Gasteiger partial charge in [-0.05, 0) is 129 Å². The number of rotatable bonds is 6. The van der Waals surface area contributed by atoms with Crippen molar-refractivity contribution in [1.29, 1.82) is 0 Å². The number of halogens is 3. The molecule has 3 heterocycles. The topological polar surface area (TPSA) is 54.6 Å². The molecule has 6 nitrogen and oxygen atoms in total. The fourth-order valence-corrected chi connectivity index (χ4v) is 9.98. The maximum absolute atomic E-state index is 5.66. The number of piperazine rings is 3. The van der Waals surface area contributed by atoms with Crippen LogP contribution in [0.1, 0.15) is 33.4 Å². The molecule has 6 aromatic carbocycles. The first-order valence-corrected chi connectivity index (χ1v) is 25.9. The van der Waals surface area contributed by atoms with Gasteiger partial charge in [-0.2, -0.15) is 0 Å². The summed E-state index contributed by atoms with van der Waals surface area (Å²) in [6, 6.07) is 44.7. The molecule has 3 saturated heterocycles. The number of benzene rings is 6. The summed E-state index contributed by atoms with van der Waals surface area (Å²) in [5, 5.41) is 14.0. The van der Waals surface area contributed by atoms with Crippen molar-refractivity contribution in [2.75, 3.05) is 88.3 Å². The smallest absolute Gasteiger partial charge is 0.0548 e. The van der Waals surface area contributed by atoms with Crippen molar-refractivity contribution < 1.29 is 0 Å². The predicted molar refractivity (Wildman–Crippen MR) is 302 cm³/mol. The van der Waals surface area contributed by atoms with Gasteiger partial charge in [0.2, 0.25) is 0 Å². The second kappa shape index (κ2) is 30.5. The van der Waals surface area contributed by atoms with Crippen LogP contribution in [-0.2, 0) is 0 Å². The molecule has 12 heteroatoms. The molecule has 0 spiro atoms. The van der Waals surface area contributed by atoms with Crippen LogP contribution in [0.15, 0.2) is 156 Å². The molecule has 3 fully saturated rings. The summed E-state index contributed by atoms with van der Waals surface area (Å²) in [6.45, 7) is 26.0. The number of para-hydroxylation sites is 2. The monoisotopic (exact) mass is 1090 g/mol. The Balaban J connectivity index is 0.000000196. The average Bonchev–Trinajstić information content (AvgIpc) is 3.33. The number of anilines is 2. The van der Waals surface area contributed by atoms with E-state index < -0.39 is 0 Å². The summed E-state index contributed by atoms with van der Waals surface area (Å²) in [7, 11) is 0. The minimum absolute atomic E-state index is 0. The van der Waals surface area contributed by atoms with Gasteiger partial charge < -0.3 is 31.1 Å². The van der Waals surface area contributed by atoms with E-state index in [0.717, 1.165) is 92.9 Å². The maximum Gasteiger partial charge on any atom is 0.0548 e. The SMILES string of the molecule is Br.C1CNCCN1.Cc1ccc(S)c(C)c1.Cc1ccc(Sc2ccccc2N2CCNCC2)c(C)c1.Cc1ccc(Sc2ccccc2N2CCNCC2)c(C)c1.Clc1ccccc1Br. The number of nitrogens with zero attached hydrogens (tertiary/aromatic N) is 2. The highest BCUT2D eigenvalue weighted by Gasteiger charge is 2.16. The van der Waals surface area contributed by atoms with Crippen molar-refractivity contribution in [3.05, 3.63) is 170 Å². The number of hydrogen-bond acceptors (Lipinski definition) is 9. The largest absolute Gasteiger partial charge is 0.368 e. The van der Waals surface area contributed by atoms with E-state index in [2.05, 4.69) is 198 Å². The summed E-state index contributed by atoms with van der Waals surface area (Å²) < 4.78 is 0.946. The molecule has 0 aromatic heterocycles. The maximum atomic E-state index is 5.66. The van der Waals surface area contributed by atoms with Crippen LogP contribution in [0.3, 0.4) is 0 Å². The summed E-state index contributed by atoms with van der Waals surface area (Å²) in [6.07, 6.45) is 0. The Hall–Kier alpha value is -2.94. The van der Waals surface area contributed by atoms with Gasteiger partial charge in [-0.3, -0.25) is 0 Å². The minimum atomic E-state index is 0. The molecule has 66 heavy (non-hydrogen) atoms. The molecule has 0 unspecified atom stereocenters. The van der Waals surface area contributed by atoms with Crippen LogP contribution in [0.25, 0.3) is 0 Å². The van der Waals surface area contributed by atoms with E-state index in [1.807, 2.05) is 53.9 Å². The standard InChI is InChI=1S/2C18H22N2S.C8H10S.C6H4BrCl.C4H10N2.BrH/c2*1-14-7-8-17(15(2)13-14)21-18-6-4-3-5-16(18)20-11-9-19-10-12-20;1-6-3-4-8(9)7(2)5-6;7-5-3-1-2-4-6(5)8;1-2-6-4-3-5-1;/h2*3-8,13,19H,9-12H2,1-2H3;3-5,9H,1-2H3;1-4H;5-6H,1-4H2;1H. The van der Waals surface area contributed by atoms with Gasteiger partial charge in [-0.25, -0.2) is 0 Å². The molecule has 6 aromatic rings. The van der Waals surface area contributed by atoms with Gasteiger partial charge in [0, 0.05) is 107 Å². The second-order valence-electron chi connectivity index (χ2n) is 16.4. The van der Waals surface area contributed by atoms with Crippen LogP contribution in [0, 0.1) is 41.5 Å². The molecule has 0 amide bonds. The third-order valence-electron chi connectivity index (χ3n) is 10.9. The van der Waals surface area contributed by atoms with Gasteiger partial charge >= 0.3 is 0 Å². The first kappa shape index (κ1) is 55.7. The van der Waals surface area contributed by atoms with E-state index in [1.54, 1.807) is 0 Å². The lowest BCUT2D eigenvalue weighted by molar-refractivity contribution is 0.534. The quantitative estimate of drug-likeness (QED) is 0.106. The zero-order valence-electron chi connectivity index (χ0n) is 39.4. The molecule has 3 aliphatic rings. The highest BCUT2D eigenvalue weighted by atomic mass is 79.9. The molecule has 0 radical (unpaired) electrons. The van der Waals surface area contributed by atoms with Gasteiger partial charge in [-0.1, -0.05) is 125 Å². The van der Waals surface area contributed by atoms with Gasteiger partial charge in [0.1, 0.15) is 0 Å². The lowest BCUT2D eigenvalue weighted by Crippen LogP contribution is -2.43. The first-order valence-electron chi connectivity index (χ1n) is 22.7.